The van der Waals surface area contributed by atoms with Crippen LogP contribution in [-0.4, -0.2) is 67.8 Å². The van der Waals surface area contributed by atoms with Crippen LogP contribution >= 0.6 is 0 Å². The Kier molecular flexibility index (Phi) is 7.76. The van der Waals surface area contributed by atoms with Crippen LogP contribution < -0.4 is 0 Å². The van der Waals surface area contributed by atoms with Crippen molar-refractivity contribution in [2.45, 2.75) is 43.2 Å². The van der Waals surface area contributed by atoms with Gasteiger partial charge in [0.1, 0.15) is 10.7 Å². The predicted octanol–water partition coefficient (Wildman–Crippen LogP) is 3.45. The molecule has 0 N–H and O–H groups in total. The Bertz CT molecular complexity index is 1090. The fourth-order valence-corrected chi connectivity index (χ4v) is 6.63. The van der Waals surface area contributed by atoms with Crippen molar-refractivity contribution >= 4 is 10.0 Å². The summed E-state index contributed by atoms with van der Waals surface area (Å²) in [7, 11) is -3.93. The molecule has 2 aliphatic heterocycles. The Morgan fingerprint density at radius 1 is 1.00 bits per heavy atom. The Hall–Kier alpha value is -2.31. The normalized spacial score (nSPS) is 18.6. The van der Waals surface area contributed by atoms with E-state index >= 15 is 0 Å². The summed E-state index contributed by atoms with van der Waals surface area (Å²) in [6.45, 7) is 5.29. The van der Waals surface area contributed by atoms with Crippen LogP contribution in [0.5, 0.6) is 0 Å². The van der Waals surface area contributed by atoms with Crippen LogP contribution in [-0.2, 0) is 16.6 Å². The monoisotopic (exact) mass is 470 g/mol. The van der Waals surface area contributed by atoms with Crippen LogP contribution in [0.15, 0.2) is 53.4 Å². The number of hydrogen-bond donors (Lipinski definition) is 0. The van der Waals surface area contributed by atoms with Gasteiger partial charge >= 0.3 is 0 Å². The van der Waals surface area contributed by atoms with Crippen LogP contribution in [0.3, 0.4) is 0 Å². The molecular formula is C25H31FN4O2S. The van der Waals surface area contributed by atoms with Gasteiger partial charge in [0, 0.05) is 38.8 Å². The average Bonchev–Trinajstić information content (AvgIpc) is 3.34. The number of halogens is 1. The number of piperidine rings is 1. The van der Waals surface area contributed by atoms with E-state index in [4.69, 9.17) is 5.26 Å². The highest BCUT2D eigenvalue weighted by atomic mass is 32.2. The number of hydrogen-bond acceptors (Lipinski definition) is 5. The molecule has 0 amide bonds. The zero-order valence-corrected chi connectivity index (χ0v) is 19.7. The van der Waals surface area contributed by atoms with Gasteiger partial charge < -0.3 is 4.90 Å². The maximum atomic E-state index is 14.5. The molecule has 4 rings (SSSR count). The minimum atomic E-state index is -3.93. The number of rotatable bonds is 8. The summed E-state index contributed by atoms with van der Waals surface area (Å²) in [4.78, 5) is 4.35. The SMILES string of the molecule is N#Cc1cccc(CN2CCC(N(CCN3CCCC3)S(=O)(=O)c3ccccc3F)CC2)c1. The van der Waals surface area contributed by atoms with Gasteiger partial charge in [0.2, 0.25) is 10.0 Å². The van der Waals surface area contributed by atoms with E-state index < -0.39 is 15.8 Å². The summed E-state index contributed by atoms with van der Waals surface area (Å²) in [5, 5.41) is 9.13. The average molecular weight is 471 g/mol. The van der Waals surface area contributed by atoms with Gasteiger partial charge in [0.25, 0.3) is 0 Å². The van der Waals surface area contributed by atoms with E-state index in [2.05, 4.69) is 15.9 Å². The molecule has 2 fully saturated rings. The molecule has 2 aromatic rings. The molecule has 0 saturated carbocycles. The molecule has 2 aliphatic rings. The minimum absolute atomic E-state index is 0.154. The van der Waals surface area contributed by atoms with Crippen molar-refractivity contribution in [2.75, 3.05) is 39.3 Å². The summed E-state index contributed by atoms with van der Waals surface area (Å²) in [6.07, 6.45) is 3.69. The molecule has 33 heavy (non-hydrogen) atoms. The minimum Gasteiger partial charge on any atom is -0.302 e. The fraction of sp³-hybridized carbons (Fsp3) is 0.480. The standard InChI is InChI=1S/C25H31FN4O2S/c26-24-8-1-2-9-25(24)33(31,32)30(17-16-28-12-3-4-13-28)23-10-14-29(15-11-23)20-22-7-5-6-21(18-22)19-27/h1-2,5-9,18,23H,3-4,10-17,20H2. The summed E-state index contributed by atoms with van der Waals surface area (Å²) in [5.41, 5.74) is 1.73. The first kappa shape index (κ1) is 23.8. The Morgan fingerprint density at radius 3 is 2.42 bits per heavy atom. The van der Waals surface area contributed by atoms with E-state index in [1.165, 1.54) is 18.2 Å². The summed E-state index contributed by atoms with van der Waals surface area (Å²) in [5.74, 6) is -0.696. The Labute approximate surface area is 196 Å². The topological polar surface area (TPSA) is 67.7 Å². The highest BCUT2D eigenvalue weighted by Crippen LogP contribution is 2.27. The number of nitriles is 1. The number of likely N-dealkylation sites (tertiary alicyclic amines) is 2. The number of nitrogens with zero attached hydrogens (tertiary/aromatic N) is 4. The van der Waals surface area contributed by atoms with Gasteiger partial charge in [-0.15, -0.1) is 0 Å². The maximum absolute atomic E-state index is 14.5. The van der Waals surface area contributed by atoms with Crippen molar-refractivity contribution in [3.63, 3.8) is 0 Å². The van der Waals surface area contributed by atoms with Crippen LogP contribution in [0.4, 0.5) is 4.39 Å². The van der Waals surface area contributed by atoms with Crippen molar-refractivity contribution in [3.8, 4) is 6.07 Å². The summed E-state index contributed by atoms with van der Waals surface area (Å²) >= 11 is 0. The van der Waals surface area contributed by atoms with E-state index in [9.17, 15) is 12.8 Å². The first-order valence-corrected chi connectivity index (χ1v) is 13.1. The second-order valence-electron chi connectivity index (χ2n) is 8.91. The highest BCUT2D eigenvalue weighted by molar-refractivity contribution is 7.89. The van der Waals surface area contributed by atoms with Crippen molar-refractivity contribution in [2.24, 2.45) is 0 Å². The maximum Gasteiger partial charge on any atom is 0.246 e. The predicted molar refractivity (Wildman–Crippen MR) is 125 cm³/mol. The van der Waals surface area contributed by atoms with Crippen LogP contribution in [0.1, 0.15) is 36.8 Å². The largest absolute Gasteiger partial charge is 0.302 e. The van der Waals surface area contributed by atoms with Crippen molar-refractivity contribution in [1.82, 2.24) is 14.1 Å². The molecule has 0 aromatic heterocycles. The van der Waals surface area contributed by atoms with E-state index in [-0.39, 0.29) is 10.9 Å². The van der Waals surface area contributed by atoms with E-state index in [1.807, 2.05) is 18.2 Å². The molecule has 2 saturated heterocycles. The lowest BCUT2D eigenvalue weighted by Gasteiger charge is -2.38. The molecule has 176 valence electrons. The lowest BCUT2D eigenvalue weighted by molar-refractivity contribution is 0.146. The van der Waals surface area contributed by atoms with Gasteiger partial charge in [-0.05, 0) is 68.6 Å². The van der Waals surface area contributed by atoms with Gasteiger partial charge in [0.15, 0.2) is 0 Å². The molecular weight excluding hydrogens is 439 g/mol. The molecule has 0 bridgehead atoms. The van der Waals surface area contributed by atoms with Crippen LogP contribution in [0, 0.1) is 17.1 Å². The van der Waals surface area contributed by atoms with Gasteiger partial charge in [-0.2, -0.15) is 9.57 Å². The molecule has 0 spiro atoms. The zero-order valence-electron chi connectivity index (χ0n) is 18.9. The third-order valence-corrected chi connectivity index (χ3v) is 8.67. The molecule has 0 aliphatic carbocycles. The van der Waals surface area contributed by atoms with Crippen molar-refractivity contribution in [3.05, 3.63) is 65.5 Å². The molecule has 2 aromatic carbocycles. The second kappa shape index (κ2) is 10.7. The molecule has 0 unspecified atom stereocenters. The first-order valence-electron chi connectivity index (χ1n) is 11.7. The molecule has 2 heterocycles. The van der Waals surface area contributed by atoms with E-state index in [0.29, 0.717) is 31.5 Å². The van der Waals surface area contributed by atoms with Gasteiger partial charge in [0.05, 0.1) is 11.6 Å². The molecule has 0 atom stereocenters. The number of sulfonamides is 1. The van der Waals surface area contributed by atoms with Crippen molar-refractivity contribution < 1.29 is 12.8 Å². The first-order chi connectivity index (χ1) is 16.0. The van der Waals surface area contributed by atoms with Gasteiger partial charge in [-0.25, -0.2) is 12.8 Å². The Balaban J connectivity index is 1.46. The summed E-state index contributed by atoms with van der Waals surface area (Å²) < 4.78 is 43.1. The third kappa shape index (κ3) is 5.79. The third-order valence-electron chi connectivity index (χ3n) is 6.69. The number of benzene rings is 2. The molecule has 0 radical (unpaired) electrons. The quantitative estimate of drug-likeness (QED) is 0.591. The van der Waals surface area contributed by atoms with E-state index in [0.717, 1.165) is 51.1 Å². The fourth-order valence-electron chi connectivity index (χ4n) is 4.89. The second-order valence-corrected chi connectivity index (χ2v) is 10.8. The molecule has 6 nitrogen and oxygen atoms in total. The van der Waals surface area contributed by atoms with Crippen LogP contribution in [0.2, 0.25) is 0 Å². The smallest absolute Gasteiger partial charge is 0.246 e. The molecule has 8 heteroatoms. The lowest BCUT2D eigenvalue weighted by Crippen LogP contribution is -2.49. The van der Waals surface area contributed by atoms with Crippen LogP contribution in [0.25, 0.3) is 0 Å². The van der Waals surface area contributed by atoms with Crippen molar-refractivity contribution in [1.29, 1.82) is 5.26 Å². The Morgan fingerprint density at radius 2 is 1.73 bits per heavy atom. The van der Waals surface area contributed by atoms with Gasteiger partial charge in [-0.3, -0.25) is 4.90 Å². The van der Waals surface area contributed by atoms with E-state index in [1.54, 1.807) is 16.4 Å². The lowest BCUT2D eigenvalue weighted by atomic mass is 10.0. The zero-order chi connectivity index (χ0) is 23.3. The van der Waals surface area contributed by atoms with Gasteiger partial charge in [-0.1, -0.05) is 24.3 Å². The summed E-state index contributed by atoms with van der Waals surface area (Å²) in [6, 6.07) is 15.3. The highest BCUT2D eigenvalue weighted by Gasteiger charge is 2.35.